The van der Waals surface area contributed by atoms with Crippen LogP contribution < -0.4 is 9.64 Å². The van der Waals surface area contributed by atoms with Crippen LogP contribution >= 0.6 is 0 Å². The number of carbonyl (C=O) groups is 3. The summed E-state index contributed by atoms with van der Waals surface area (Å²) in [5.41, 5.74) is 2.70. The molecule has 0 aliphatic carbocycles. The average molecular weight is 409 g/mol. The van der Waals surface area contributed by atoms with E-state index in [1.165, 1.54) is 12.7 Å². The lowest BCUT2D eigenvalue weighted by atomic mass is 9.87. The first-order chi connectivity index (χ1) is 14.1. The number of benzene rings is 2. The number of hydrogen-bond donors (Lipinski definition) is 0. The van der Waals surface area contributed by atoms with Crippen LogP contribution in [0.1, 0.15) is 31.9 Å². The topological polar surface area (TPSA) is 70.2 Å². The summed E-state index contributed by atoms with van der Waals surface area (Å²) in [7, 11) is 3.33. The van der Waals surface area contributed by atoms with Crippen molar-refractivity contribution in [3.8, 4) is 5.75 Å². The Hall–Kier alpha value is -3.19. The predicted octanol–water partition coefficient (Wildman–Crippen LogP) is 3.38. The Morgan fingerprint density at radius 3 is 2.03 bits per heavy atom. The third-order valence-electron chi connectivity index (χ3n) is 5.04. The molecule has 0 saturated carbocycles. The zero-order chi connectivity index (χ0) is 22.1. The van der Waals surface area contributed by atoms with Crippen LogP contribution in [-0.2, 0) is 21.5 Å². The molecule has 158 valence electrons. The van der Waals surface area contributed by atoms with Gasteiger partial charge in [-0.3, -0.25) is 14.5 Å². The molecule has 3 rings (SSSR count). The van der Waals surface area contributed by atoms with E-state index in [4.69, 9.17) is 4.74 Å². The minimum absolute atomic E-state index is 0.0249. The highest BCUT2D eigenvalue weighted by Crippen LogP contribution is 2.25. The zero-order valence-corrected chi connectivity index (χ0v) is 18.0. The summed E-state index contributed by atoms with van der Waals surface area (Å²) in [5.74, 6) is -1.09. The first-order valence-electron chi connectivity index (χ1n) is 9.73. The SMILES string of the molecule is COc1ccc(N2C(=O)C(=O)N(CN(C)Cc3ccc(C(C)(C)C)cc3)C2=O)cc1. The van der Waals surface area contributed by atoms with Gasteiger partial charge in [-0.2, -0.15) is 0 Å². The van der Waals surface area contributed by atoms with Crippen LogP contribution in [0.25, 0.3) is 0 Å². The summed E-state index contributed by atoms with van der Waals surface area (Å²) in [6.07, 6.45) is 0. The quantitative estimate of drug-likeness (QED) is 0.540. The maximum atomic E-state index is 12.8. The number of anilines is 1. The Balaban J connectivity index is 1.69. The third-order valence-corrected chi connectivity index (χ3v) is 5.04. The second-order valence-electron chi connectivity index (χ2n) is 8.46. The van der Waals surface area contributed by atoms with Crippen molar-refractivity contribution >= 4 is 23.5 Å². The van der Waals surface area contributed by atoms with Gasteiger partial charge in [0.15, 0.2) is 0 Å². The molecule has 7 nitrogen and oxygen atoms in total. The molecule has 7 heteroatoms. The van der Waals surface area contributed by atoms with Crippen LogP contribution in [0.4, 0.5) is 10.5 Å². The van der Waals surface area contributed by atoms with Crippen molar-refractivity contribution in [3.05, 3.63) is 59.7 Å². The van der Waals surface area contributed by atoms with Gasteiger partial charge < -0.3 is 4.74 Å². The van der Waals surface area contributed by atoms with Crippen molar-refractivity contribution in [1.82, 2.24) is 9.80 Å². The maximum absolute atomic E-state index is 12.8. The van der Waals surface area contributed by atoms with Gasteiger partial charge in [0.25, 0.3) is 0 Å². The molecule has 0 aromatic heterocycles. The molecule has 1 heterocycles. The van der Waals surface area contributed by atoms with Gasteiger partial charge in [-0.15, -0.1) is 0 Å². The number of hydrogen-bond acceptors (Lipinski definition) is 5. The molecular formula is C23H27N3O4. The van der Waals surface area contributed by atoms with E-state index in [-0.39, 0.29) is 12.1 Å². The summed E-state index contributed by atoms with van der Waals surface area (Å²) in [6, 6.07) is 14.0. The largest absolute Gasteiger partial charge is 0.497 e. The lowest BCUT2D eigenvalue weighted by Crippen LogP contribution is -2.40. The highest BCUT2D eigenvalue weighted by atomic mass is 16.5. The highest BCUT2D eigenvalue weighted by molar-refractivity contribution is 6.52. The lowest BCUT2D eigenvalue weighted by molar-refractivity contribution is -0.140. The van der Waals surface area contributed by atoms with Crippen LogP contribution in [0.3, 0.4) is 0 Å². The maximum Gasteiger partial charge on any atom is 0.340 e. The van der Waals surface area contributed by atoms with Gasteiger partial charge in [0, 0.05) is 6.54 Å². The van der Waals surface area contributed by atoms with Crippen molar-refractivity contribution in [1.29, 1.82) is 0 Å². The minimum Gasteiger partial charge on any atom is -0.497 e. The van der Waals surface area contributed by atoms with E-state index in [9.17, 15) is 14.4 Å². The fraction of sp³-hybridized carbons (Fsp3) is 0.348. The van der Waals surface area contributed by atoms with E-state index in [1.807, 2.05) is 17.0 Å². The number of imide groups is 2. The predicted molar refractivity (Wildman–Crippen MR) is 114 cm³/mol. The molecule has 0 N–H and O–H groups in total. The van der Waals surface area contributed by atoms with Crippen molar-refractivity contribution < 1.29 is 19.1 Å². The second kappa shape index (κ2) is 8.28. The zero-order valence-electron chi connectivity index (χ0n) is 18.0. The molecule has 0 radical (unpaired) electrons. The van der Waals surface area contributed by atoms with Gasteiger partial charge in [-0.25, -0.2) is 14.6 Å². The van der Waals surface area contributed by atoms with Crippen LogP contribution in [0.15, 0.2) is 48.5 Å². The Kier molecular flexibility index (Phi) is 5.94. The number of amides is 4. The summed E-state index contributed by atoms with van der Waals surface area (Å²) in [4.78, 5) is 41.3. The van der Waals surface area contributed by atoms with Gasteiger partial charge in [0.1, 0.15) is 5.75 Å². The molecule has 1 aliphatic heterocycles. The summed E-state index contributed by atoms with van der Waals surface area (Å²) in [6.45, 7) is 7.04. The van der Waals surface area contributed by atoms with Gasteiger partial charge in [0.05, 0.1) is 19.5 Å². The normalized spacial score (nSPS) is 14.8. The van der Waals surface area contributed by atoms with Gasteiger partial charge in [0.2, 0.25) is 0 Å². The van der Waals surface area contributed by atoms with E-state index < -0.39 is 17.8 Å². The van der Waals surface area contributed by atoms with E-state index in [0.29, 0.717) is 18.0 Å². The van der Waals surface area contributed by atoms with Gasteiger partial charge in [-0.1, -0.05) is 45.0 Å². The fourth-order valence-electron chi connectivity index (χ4n) is 3.30. The number of rotatable bonds is 6. The number of carbonyl (C=O) groups excluding carboxylic acids is 3. The van der Waals surface area contributed by atoms with Gasteiger partial charge >= 0.3 is 17.8 Å². The van der Waals surface area contributed by atoms with Crippen LogP contribution in [-0.4, -0.2) is 48.5 Å². The Morgan fingerprint density at radius 1 is 0.900 bits per heavy atom. The number of urea groups is 1. The fourth-order valence-corrected chi connectivity index (χ4v) is 3.30. The van der Waals surface area contributed by atoms with Gasteiger partial charge in [-0.05, 0) is 47.9 Å². The lowest BCUT2D eigenvalue weighted by Gasteiger charge is -2.23. The van der Waals surface area contributed by atoms with E-state index >= 15 is 0 Å². The molecule has 1 saturated heterocycles. The molecule has 0 atom stereocenters. The molecule has 4 amide bonds. The van der Waals surface area contributed by atoms with E-state index in [1.54, 1.807) is 31.3 Å². The first-order valence-corrected chi connectivity index (χ1v) is 9.73. The summed E-state index contributed by atoms with van der Waals surface area (Å²) >= 11 is 0. The minimum atomic E-state index is -0.854. The third kappa shape index (κ3) is 4.36. The number of nitrogens with zero attached hydrogens (tertiary/aromatic N) is 3. The van der Waals surface area contributed by atoms with Crippen LogP contribution in [0, 0.1) is 0 Å². The number of methoxy groups -OCH3 is 1. The molecule has 2 aromatic carbocycles. The molecule has 0 spiro atoms. The van der Waals surface area contributed by atoms with Crippen molar-refractivity contribution in [2.24, 2.45) is 0 Å². The first kappa shape index (κ1) is 21.5. The smallest absolute Gasteiger partial charge is 0.340 e. The molecule has 2 aromatic rings. The van der Waals surface area contributed by atoms with E-state index in [0.717, 1.165) is 15.4 Å². The van der Waals surface area contributed by atoms with E-state index in [2.05, 4.69) is 32.9 Å². The Labute approximate surface area is 176 Å². The Bertz CT molecular complexity index is 946. The molecule has 1 aliphatic rings. The monoisotopic (exact) mass is 409 g/mol. The average Bonchev–Trinajstić information content (AvgIpc) is 2.91. The van der Waals surface area contributed by atoms with Crippen molar-refractivity contribution in [2.45, 2.75) is 32.7 Å². The molecule has 1 fully saturated rings. The summed E-state index contributed by atoms with van der Waals surface area (Å²) in [5, 5.41) is 0. The molecule has 30 heavy (non-hydrogen) atoms. The molecular weight excluding hydrogens is 382 g/mol. The highest BCUT2D eigenvalue weighted by Gasteiger charge is 2.45. The molecule has 0 unspecified atom stereocenters. The van der Waals surface area contributed by atoms with Crippen molar-refractivity contribution in [2.75, 3.05) is 25.7 Å². The van der Waals surface area contributed by atoms with Crippen molar-refractivity contribution in [3.63, 3.8) is 0 Å². The second-order valence-corrected chi connectivity index (χ2v) is 8.46. The summed E-state index contributed by atoms with van der Waals surface area (Å²) < 4.78 is 5.09. The standard InChI is InChI=1S/C23H27N3O4/c1-23(2,3)17-8-6-16(7-9-17)14-24(4)15-25-20(27)21(28)26(22(25)29)18-10-12-19(30-5)13-11-18/h6-13H,14-15H2,1-5H3. The molecule has 0 bridgehead atoms. The van der Waals surface area contributed by atoms with Crippen LogP contribution in [0.5, 0.6) is 5.75 Å². The van der Waals surface area contributed by atoms with Crippen LogP contribution in [0.2, 0.25) is 0 Å². The number of ether oxygens (including phenoxy) is 1. The Morgan fingerprint density at radius 2 is 1.50 bits per heavy atom.